The molecule has 17 heteroatoms. The number of hydrogen-bond donors (Lipinski definition) is 1. The molecule has 4 aromatic carbocycles. The molecule has 4 heterocycles. The fraction of sp³-hybridized carbons (Fsp3) is 0.388. The van der Waals surface area contributed by atoms with Crippen molar-refractivity contribution in [2.45, 2.75) is 110 Å². The smallest absolute Gasteiger partial charge is 0.306 e. The highest BCUT2D eigenvalue weighted by molar-refractivity contribution is 8.03. The van der Waals surface area contributed by atoms with Crippen molar-refractivity contribution in [3.63, 3.8) is 0 Å². The quantitative estimate of drug-likeness (QED) is 0.0346. The number of aromatic hydroxyl groups is 1. The number of carbonyl (C=O) groups excluding carboxylic acids is 1. The number of rotatable bonds is 20. The number of fused-ring (bicyclic) bond motifs is 6. The summed E-state index contributed by atoms with van der Waals surface area (Å²) < 4.78 is 45.6. The Morgan fingerprint density at radius 3 is 2.32 bits per heavy atom. The Morgan fingerprint density at radius 1 is 0.848 bits per heavy atom. The normalized spacial score (nSPS) is 13.7. The highest BCUT2D eigenvalue weighted by Crippen LogP contribution is 2.47. The van der Waals surface area contributed by atoms with Crippen molar-refractivity contribution < 1.29 is 32.2 Å². The van der Waals surface area contributed by atoms with Gasteiger partial charge in [0, 0.05) is 57.2 Å². The molecule has 7 aromatic rings. The molecule has 0 fully saturated rings. The largest absolute Gasteiger partial charge is 0.748 e. The van der Waals surface area contributed by atoms with Crippen molar-refractivity contribution in [2.24, 2.45) is 0 Å². The van der Waals surface area contributed by atoms with E-state index >= 15 is 0 Å². The minimum Gasteiger partial charge on any atom is -0.748 e. The van der Waals surface area contributed by atoms with Gasteiger partial charge in [-0.2, -0.15) is 4.57 Å². The molecule has 1 aliphatic heterocycles. The molecule has 0 bridgehead atoms. The standard InChI is InChI=1S/C25H26Cl2N2O3S3.C24H30ClN3O3/c1-3-17(13-24-28(4-2)20-15-18(26)7-9-22(20)33-24)14-25-29(11-5-6-12-35(30,31)32)21-16-19(27)8-10-23(21)34-25;1-3-4-5-6-7-8-13-31-23(29)12-9-18-14-17(2)24(30)22(15-18)28-26-20-11-10-19(25)16-21(20)27(26)28/h7-10,13-16H,3-6,11-12H2,1-2H3;10-11,14-16,30H,3-9,12-13H2,1-2H3. The van der Waals surface area contributed by atoms with Gasteiger partial charge in [-0.25, -0.2) is 8.42 Å². The van der Waals surface area contributed by atoms with E-state index in [1.807, 2.05) is 81.6 Å². The Balaban J connectivity index is 0.000000198. The summed E-state index contributed by atoms with van der Waals surface area (Å²) in [4.78, 5) is 17.5. The van der Waals surface area contributed by atoms with Crippen molar-refractivity contribution in [1.29, 1.82) is 0 Å². The zero-order valence-electron chi connectivity index (χ0n) is 37.7. The molecule has 0 saturated carbocycles. The number of unbranched alkanes of at least 4 members (excludes halogenated alkanes) is 6. The number of phenolic OH excluding ortho intramolecular Hbond substituents is 1. The van der Waals surface area contributed by atoms with E-state index in [2.05, 4.69) is 48.5 Å². The van der Waals surface area contributed by atoms with E-state index in [1.165, 1.54) is 36.2 Å². The summed E-state index contributed by atoms with van der Waals surface area (Å²) in [6.45, 7) is 10.3. The summed E-state index contributed by atoms with van der Waals surface area (Å²) in [6, 6.07) is 21.4. The van der Waals surface area contributed by atoms with E-state index in [9.17, 15) is 22.9 Å². The van der Waals surface area contributed by atoms with Crippen LogP contribution in [0.1, 0.15) is 101 Å². The highest BCUT2D eigenvalue weighted by Gasteiger charge is 2.28. The van der Waals surface area contributed by atoms with E-state index in [0.717, 1.165) is 78.9 Å². The van der Waals surface area contributed by atoms with Gasteiger partial charge < -0.3 is 19.3 Å². The number of aryl methyl sites for hydroxylation is 3. The average Bonchev–Trinajstić information content (AvgIpc) is 3.64. The molecule has 0 amide bonds. The van der Waals surface area contributed by atoms with Crippen molar-refractivity contribution in [3.05, 3.63) is 115 Å². The van der Waals surface area contributed by atoms with Gasteiger partial charge in [-0.1, -0.05) is 110 Å². The molecule has 0 saturated heterocycles. The molecule has 66 heavy (non-hydrogen) atoms. The third-order valence-electron chi connectivity index (χ3n) is 11.6. The van der Waals surface area contributed by atoms with E-state index in [0.29, 0.717) is 54.6 Å². The maximum Gasteiger partial charge on any atom is 0.306 e. The molecule has 0 unspecified atom stereocenters. The Morgan fingerprint density at radius 2 is 1.56 bits per heavy atom. The number of benzene rings is 4. The number of allylic oxidation sites excluding steroid dienone is 2. The van der Waals surface area contributed by atoms with Crippen LogP contribution in [-0.2, 0) is 32.6 Å². The first-order valence-electron chi connectivity index (χ1n) is 22.6. The maximum atomic E-state index is 12.1. The van der Waals surface area contributed by atoms with Gasteiger partial charge in [0.15, 0.2) is 6.54 Å². The van der Waals surface area contributed by atoms with Crippen LogP contribution in [0.2, 0.25) is 15.1 Å². The molecule has 0 aliphatic carbocycles. The minimum absolute atomic E-state index is 0.165. The number of aromatic nitrogens is 4. The molecule has 0 spiro atoms. The second-order valence-electron chi connectivity index (χ2n) is 16.5. The van der Waals surface area contributed by atoms with Gasteiger partial charge in [0.25, 0.3) is 5.01 Å². The van der Waals surface area contributed by atoms with Crippen LogP contribution in [-0.4, -0.2) is 57.0 Å². The first-order chi connectivity index (χ1) is 31.7. The number of thioether (sulfide) groups is 1. The van der Waals surface area contributed by atoms with E-state index in [1.54, 1.807) is 23.1 Å². The Kier molecular flexibility index (Phi) is 16.8. The molecular formula is C49H56Cl3N5O6S3. The summed E-state index contributed by atoms with van der Waals surface area (Å²) in [7, 11) is -4.21. The van der Waals surface area contributed by atoms with Gasteiger partial charge >= 0.3 is 5.97 Å². The van der Waals surface area contributed by atoms with E-state index < -0.39 is 10.1 Å². The average molecular weight is 1010 g/mol. The Labute approximate surface area is 410 Å². The van der Waals surface area contributed by atoms with Crippen LogP contribution < -0.4 is 9.47 Å². The van der Waals surface area contributed by atoms with Crippen LogP contribution in [0.5, 0.6) is 5.75 Å². The lowest BCUT2D eigenvalue weighted by atomic mass is 10.0. The second kappa shape index (κ2) is 22.3. The lowest BCUT2D eigenvalue weighted by Crippen LogP contribution is -2.35. The third-order valence-corrected chi connectivity index (χ3v) is 15.3. The zero-order valence-corrected chi connectivity index (χ0v) is 42.4. The topological polar surface area (TPSA) is 125 Å². The molecule has 0 atom stereocenters. The Bertz CT molecular complexity index is 2990. The van der Waals surface area contributed by atoms with Crippen molar-refractivity contribution >= 4 is 107 Å². The van der Waals surface area contributed by atoms with Crippen LogP contribution in [0.3, 0.4) is 0 Å². The van der Waals surface area contributed by atoms with Gasteiger partial charge in [0.05, 0.1) is 27.4 Å². The van der Waals surface area contributed by atoms with Crippen LogP contribution in [0, 0.1) is 6.92 Å². The summed E-state index contributed by atoms with van der Waals surface area (Å²) in [6.07, 6.45) is 14.1. The number of phenols is 1. The van der Waals surface area contributed by atoms with Gasteiger partial charge in [0.1, 0.15) is 27.2 Å². The number of esters is 1. The van der Waals surface area contributed by atoms with Crippen LogP contribution in [0.15, 0.2) is 88.3 Å². The number of carbonyl (C=O) groups is 1. The minimum atomic E-state index is -4.21. The fourth-order valence-electron chi connectivity index (χ4n) is 8.07. The van der Waals surface area contributed by atoms with E-state index in [4.69, 9.17) is 39.5 Å². The molecule has 0 radical (unpaired) electrons. The zero-order chi connectivity index (χ0) is 47.1. The van der Waals surface area contributed by atoms with Gasteiger partial charge in [-0.05, 0) is 117 Å². The van der Waals surface area contributed by atoms with Gasteiger partial charge in [0.2, 0.25) is 5.52 Å². The van der Waals surface area contributed by atoms with E-state index in [-0.39, 0.29) is 17.5 Å². The predicted molar refractivity (Wildman–Crippen MR) is 270 cm³/mol. The van der Waals surface area contributed by atoms with Crippen LogP contribution in [0.25, 0.3) is 33.0 Å². The molecule has 1 N–H and O–H groups in total. The SMILES string of the molecule is CCC(=Cc1sc2ccc(Cl)cc2[n+]1CCCCS(=O)(=O)[O-])C=C1Sc2ccc(Cl)cc2N1CC.CCCCCCCCOC(=O)CCc1cc(C)c(O)c(-n2n3c4ccc(Cl)cc4n23)c1. The highest BCUT2D eigenvalue weighted by atomic mass is 35.5. The third kappa shape index (κ3) is 12.1. The lowest BCUT2D eigenvalue weighted by molar-refractivity contribution is -0.669. The first-order valence-corrected chi connectivity index (χ1v) is 26.9. The van der Waals surface area contributed by atoms with Gasteiger partial charge in [-0.15, -0.1) is 14.1 Å². The molecule has 11 nitrogen and oxygen atoms in total. The second-order valence-corrected chi connectivity index (χ2v) is 21.4. The predicted octanol–water partition coefficient (Wildman–Crippen LogP) is 13.0. The molecular weight excluding hydrogens is 957 g/mol. The van der Waals surface area contributed by atoms with Crippen LogP contribution >= 0.6 is 57.9 Å². The molecule has 352 valence electrons. The monoisotopic (exact) mass is 1010 g/mol. The fourth-order valence-corrected chi connectivity index (χ4v) is 11.5. The summed E-state index contributed by atoms with van der Waals surface area (Å²) >= 11 is 22.0. The summed E-state index contributed by atoms with van der Waals surface area (Å²) in [5.74, 6) is -0.273. The molecule has 1 aliphatic rings. The summed E-state index contributed by atoms with van der Waals surface area (Å²) in [5.41, 5.74) is 7.85. The number of thiazole rings is 1. The summed E-state index contributed by atoms with van der Waals surface area (Å²) in [5, 5.41) is 14.9. The number of hydrogen-bond acceptors (Lipinski definition) is 9. The molecule has 8 rings (SSSR count). The number of ether oxygens (including phenoxy) is 1. The van der Waals surface area contributed by atoms with Crippen LogP contribution in [0.4, 0.5) is 5.69 Å². The number of anilines is 1. The first kappa shape index (κ1) is 49.7. The van der Waals surface area contributed by atoms with Gasteiger partial charge in [-0.3, -0.25) is 4.79 Å². The van der Waals surface area contributed by atoms with Crippen molar-refractivity contribution in [1.82, 2.24) is 14.1 Å². The molecule has 3 aromatic heterocycles. The number of nitrogens with zero attached hydrogens (tertiary/aromatic N) is 5. The number of halogens is 3. The maximum absolute atomic E-state index is 12.1. The lowest BCUT2D eigenvalue weighted by Gasteiger charge is -2.18. The van der Waals surface area contributed by atoms with Crippen molar-refractivity contribution in [3.8, 4) is 11.4 Å². The Hall–Kier alpha value is -4.15. The van der Waals surface area contributed by atoms with Crippen molar-refractivity contribution in [2.75, 3.05) is 23.8 Å².